The summed E-state index contributed by atoms with van der Waals surface area (Å²) < 4.78 is 33.0. The number of aromatic hydroxyl groups is 1. The molecule has 0 atom stereocenters. The Morgan fingerprint density at radius 2 is 0.688 bits per heavy atom. The second kappa shape index (κ2) is 26.0. The largest absolute Gasteiger partial charge is 0.506 e. The zero-order valence-electron chi connectivity index (χ0n) is 42.3. The van der Waals surface area contributed by atoms with Crippen molar-refractivity contribution in [3.05, 3.63) is 307 Å². The van der Waals surface area contributed by atoms with Crippen LogP contribution < -0.4 is 47.3 Å². The molecule has 0 fully saturated rings. The summed E-state index contributed by atoms with van der Waals surface area (Å²) in [7, 11) is -1.84. The van der Waals surface area contributed by atoms with Crippen LogP contribution in [0, 0.1) is 49.4 Å². The molecule has 381 valence electrons. The molecule has 0 saturated heterocycles. The fourth-order valence-electron chi connectivity index (χ4n) is 8.88. The van der Waals surface area contributed by atoms with Crippen LogP contribution in [0.5, 0.6) is 5.75 Å². The van der Waals surface area contributed by atoms with Gasteiger partial charge in [-0.25, -0.2) is 4.79 Å². The predicted molar refractivity (Wildman–Crippen MR) is 315 cm³/mol. The van der Waals surface area contributed by atoms with Gasteiger partial charge in [0.15, 0.2) is 19.8 Å². The van der Waals surface area contributed by atoms with Crippen molar-refractivity contribution in [2.75, 3.05) is 23.9 Å². The van der Waals surface area contributed by atoms with Crippen molar-refractivity contribution in [3.63, 3.8) is 0 Å². The van der Waals surface area contributed by atoms with Gasteiger partial charge in [0, 0.05) is 130 Å². The molecule has 11 rings (SSSR count). The van der Waals surface area contributed by atoms with Crippen molar-refractivity contribution < 1.29 is 72.8 Å². The van der Waals surface area contributed by atoms with E-state index in [1.54, 1.807) is 30.3 Å². The van der Waals surface area contributed by atoms with E-state index >= 15 is 0 Å². The maximum atomic E-state index is 13.8. The van der Waals surface area contributed by atoms with Gasteiger partial charge >= 0.3 is 5.63 Å². The van der Waals surface area contributed by atoms with Crippen LogP contribution in [0.2, 0.25) is 0 Å². The first-order chi connectivity index (χ1) is 37.1. The predicted octanol–water partition coefficient (Wildman–Crippen LogP) is 12.9. The van der Waals surface area contributed by atoms with E-state index in [1.807, 2.05) is 274 Å². The van der Waals surface area contributed by atoms with Gasteiger partial charge in [0.1, 0.15) is 11.3 Å². The number of para-hydroxylation sites is 2. The number of carbonyl (C=O) groups excluding carboxylic acids is 1. The summed E-state index contributed by atoms with van der Waals surface area (Å²) in [5, 5.41) is 16.4. The first-order valence-electron chi connectivity index (χ1n) is 24.6. The Kier molecular flexibility index (Phi) is 18.9. The topological polar surface area (TPSA) is 108 Å². The van der Waals surface area contributed by atoms with Crippen molar-refractivity contribution in [3.8, 4) is 5.75 Å². The molecule has 11 heteroatoms. The smallest absolute Gasteiger partial charge is 0.351 e. The van der Waals surface area contributed by atoms with Gasteiger partial charge in [0.25, 0.3) is 0 Å². The van der Waals surface area contributed by atoms with Gasteiger partial charge in [0.05, 0.1) is 5.39 Å². The second-order valence-corrected chi connectivity index (χ2v) is 23.3. The van der Waals surface area contributed by atoms with Crippen LogP contribution in [0.25, 0.3) is 11.0 Å². The first-order valence-corrected chi connectivity index (χ1v) is 28.0. The van der Waals surface area contributed by atoms with E-state index in [9.17, 15) is 23.8 Å². The Bertz CT molecular complexity index is 3440. The molecular formula is C66H54EuN2O6P2. The Morgan fingerprint density at radius 1 is 0.403 bits per heavy atom. The van der Waals surface area contributed by atoms with Gasteiger partial charge in [-0.3, -0.25) is 4.79 Å². The van der Waals surface area contributed by atoms with Crippen molar-refractivity contribution >= 4 is 85.6 Å². The maximum absolute atomic E-state index is 13.8. The molecule has 0 aliphatic heterocycles. The molecule has 0 unspecified atom stereocenters. The third-order valence-corrected chi connectivity index (χ3v) is 18.9. The minimum atomic E-state index is -2.78. The zero-order valence-corrected chi connectivity index (χ0v) is 46.5. The van der Waals surface area contributed by atoms with Crippen LogP contribution in [-0.2, 0) is 9.13 Å². The van der Waals surface area contributed by atoms with E-state index in [1.165, 1.54) is 0 Å². The van der Waals surface area contributed by atoms with E-state index in [0.29, 0.717) is 5.39 Å². The average Bonchev–Trinajstić information content (AvgIpc) is 3.50. The molecule has 1 radical (unpaired) electrons. The van der Waals surface area contributed by atoms with Gasteiger partial charge in [-0.05, 0) is 60.7 Å². The SMILES string of the molecule is CN(C)c1ccc2c(O)c(C(=O)c3ccc(N(c4ccccc4)c4ccccc4)cc3)c(=O)oc2c1.O=P(c1ccccc1)(c1ccccc1)c1ccccc1.O=P(c1ccccc1)(c1ccccc1)c1ccccc1.[Eu]. The molecule has 1 aromatic heterocycles. The molecule has 77 heavy (non-hydrogen) atoms. The van der Waals surface area contributed by atoms with Crippen LogP contribution in [0.3, 0.4) is 0 Å². The molecule has 0 saturated carbocycles. The molecule has 0 aliphatic carbocycles. The number of rotatable bonds is 12. The van der Waals surface area contributed by atoms with Gasteiger partial charge < -0.3 is 28.5 Å². The summed E-state index contributed by atoms with van der Waals surface area (Å²) in [5.41, 5.74) is 2.82. The van der Waals surface area contributed by atoms with Crippen LogP contribution in [0.1, 0.15) is 15.9 Å². The van der Waals surface area contributed by atoms with E-state index in [-0.39, 0.29) is 71.8 Å². The number of carbonyl (C=O) groups is 1. The molecule has 0 amide bonds. The number of nitrogens with zero attached hydrogens (tertiary/aromatic N) is 2. The summed E-state index contributed by atoms with van der Waals surface area (Å²) in [6.45, 7) is 0. The van der Waals surface area contributed by atoms with Gasteiger partial charge in [-0.15, -0.1) is 0 Å². The summed E-state index contributed by atoms with van der Waals surface area (Å²) in [4.78, 5) is 29.9. The van der Waals surface area contributed by atoms with Crippen molar-refractivity contribution in [2.45, 2.75) is 0 Å². The second-order valence-electron chi connectivity index (χ2n) is 17.8. The summed E-state index contributed by atoms with van der Waals surface area (Å²) in [5.74, 6) is -0.979. The van der Waals surface area contributed by atoms with E-state index in [4.69, 9.17) is 4.42 Å². The molecule has 0 aliphatic rings. The standard InChI is InChI=1S/C30H24N2O4.2C18H15OP.Eu/c1-31(2)24-17-18-25-26(19-24)36-30(35)27(29(25)34)28(33)20-13-15-23(16-14-20)32(21-9-5-3-6-10-21)22-11-7-4-8-12-22;2*19-20(16-10-4-1-5-11-16,17-12-6-2-7-13-17)18-14-8-3-9-15-18;/h3-19,34H,1-2H3;2*1-15H;. The van der Waals surface area contributed by atoms with Crippen LogP contribution in [-0.4, -0.2) is 25.0 Å². The van der Waals surface area contributed by atoms with Crippen molar-refractivity contribution in [1.82, 2.24) is 0 Å². The molecule has 0 spiro atoms. The normalized spacial score (nSPS) is 10.9. The van der Waals surface area contributed by atoms with Crippen molar-refractivity contribution in [1.29, 1.82) is 0 Å². The summed E-state index contributed by atoms with van der Waals surface area (Å²) in [6.07, 6.45) is 0. The third kappa shape index (κ3) is 12.5. The monoisotopic (exact) mass is 1190 g/mol. The minimum absolute atomic E-state index is 0. The summed E-state index contributed by atoms with van der Waals surface area (Å²) in [6, 6.07) is 90.1. The number of anilines is 4. The molecule has 10 aromatic carbocycles. The van der Waals surface area contributed by atoms with Crippen LogP contribution in [0.4, 0.5) is 22.7 Å². The molecule has 0 bridgehead atoms. The number of benzene rings is 10. The van der Waals surface area contributed by atoms with Crippen LogP contribution in [0.15, 0.2) is 294 Å². The maximum Gasteiger partial charge on any atom is 0.351 e. The van der Waals surface area contributed by atoms with Gasteiger partial charge in [0.2, 0.25) is 5.78 Å². The Labute approximate surface area is 490 Å². The molecule has 8 nitrogen and oxygen atoms in total. The van der Waals surface area contributed by atoms with Gasteiger partial charge in [-0.1, -0.05) is 218 Å². The number of fused-ring (bicyclic) bond motifs is 1. The summed E-state index contributed by atoms with van der Waals surface area (Å²) >= 11 is 0. The van der Waals surface area contributed by atoms with Gasteiger partial charge in [-0.2, -0.15) is 0 Å². The number of hydrogen-bond donors (Lipinski definition) is 1. The van der Waals surface area contributed by atoms with Crippen LogP contribution >= 0.6 is 14.3 Å². The number of hydrogen-bond acceptors (Lipinski definition) is 8. The minimum Gasteiger partial charge on any atom is -0.506 e. The zero-order chi connectivity index (χ0) is 52.9. The fourth-order valence-corrected chi connectivity index (χ4v) is 14.2. The fraction of sp³-hybridized carbons (Fsp3) is 0.0303. The van der Waals surface area contributed by atoms with E-state index in [0.717, 1.165) is 54.6 Å². The van der Waals surface area contributed by atoms with E-state index in [2.05, 4.69) is 4.90 Å². The molecule has 11 aromatic rings. The average molecular weight is 1190 g/mol. The Morgan fingerprint density at radius 3 is 1.00 bits per heavy atom. The van der Waals surface area contributed by atoms with Crippen molar-refractivity contribution in [2.24, 2.45) is 0 Å². The Balaban J connectivity index is 0.000000163. The number of ketones is 1. The molecule has 1 N–H and O–H groups in total. The Hall–Kier alpha value is -7.48. The third-order valence-electron chi connectivity index (χ3n) is 12.7. The molecule has 1 heterocycles. The quantitative estimate of drug-likeness (QED) is 0.0732. The first kappa shape index (κ1) is 55.7. The molecular weight excluding hydrogens is 1130 g/mol. The van der Waals surface area contributed by atoms with E-state index < -0.39 is 25.7 Å².